The lowest BCUT2D eigenvalue weighted by molar-refractivity contribution is -0.147. The second-order valence-corrected chi connectivity index (χ2v) is 17.1. The summed E-state index contributed by atoms with van der Waals surface area (Å²) in [6, 6.07) is 11.1. The number of rotatable bonds is 9. The number of benzene rings is 2. The van der Waals surface area contributed by atoms with E-state index in [9.17, 15) is 29.4 Å². The molecule has 2 aliphatic heterocycles. The zero-order chi connectivity index (χ0) is 38.1. The third-order valence-electron chi connectivity index (χ3n) is 14.1. The molecule has 8 nitrogen and oxygen atoms in total. The Morgan fingerprint density at radius 1 is 0.604 bits per heavy atom. The van der Waals surface area contributed by atoms with Crippen LogP contribution < -0.4 is 0 Å². The summed E-state index contributed by atoms with van der Waals surface area (Å²) in [6.07, 6.45) is 9.43. The maximum Gasteiger partial charge on any atom is 0.229 e. The van der Waals surface area contributed by atoms with Gasteiger partial charge in [-0.3, -0.25) is 19.2 Å². The van der Waals surface area contributed by atoms with Crippen molar-refractivity contribution in [2.45, 2.75) is 129 Å². The van der Waals surface area contributed by atoms with Crippen LogP contribution in [0.15, 0.2) is 36.4 Å². The predicted molar refractivity (Wildman–Crippen MR) is 207 cm³/mol. The van der Waals surface area contributed by atoms with Gasteiger partial charge in [0.1, 0.15) is 11.2 Å². The topological polar surface area (TPSA) is 115 Å². The molecule has 4 atom stereocenters. The van der Waals surface area contributed by atoms with Crippen LogP contribution in [0.4, 0.5) is 0 Å². The van der Waals surface area contributed by atoms with E-state index < -0.39 is 23.0 Å². The fourth-order valence-electron chi connectivity index (χ4n) is 10.4. The molecule has 2 aromatic rings. The maximum atomic E-state index is 14.0. The molecule has 0 bridgehead atoms. The van der Waals surface area contributed by atoms with Crippen LogP contribution in [-0.4, -0.2) is 80.8 Å². The minimum atomic E-state index is -1.68. The Hall–Kier alpha value is -3.36. The van der Waals surface area contributed by atoms with E-state index in [1.54, 1.807) is 12.1 Å². The predicted octanol–water partition coefficient (Wildman–Crippen LogP) is 7.33. The van der Waals surface area contributed by atoms with Crippen LogP contribution >= 0.6 is 0 Å². The Morgan fingerprint density at radius 2 is 0.981 bits per heavy atom. The molecule has 53 heavy (non-hydrogen) atoms. The van der Waals surface area contributed by atoms with Crippen molar-refractivity contribution in [3.05, 3.63) is 69.8 Å². The highest BCUT2D eigenvalue weighted by Gasteiger charge is 2.52. The molecule has 4 unspecified atom stereocenters. The number of aryl methyl sites for hydroxylation is 4. The van der Waals surface area contributed by atoms with Gasteiger partial charge in [0, 0.05) is 37.3 Å². The summed E-state index contributed by atoms with van der Waals surface area (Å²) in [7, 11) is 0. The Balaban J connectivity index is 1.05. The Kier molecular flexibility index (Phi) is 12.0. The standard InChI is InChI=1S/C45H62N2O6/c1-6-37(33-17-23-46(24-18-33)42(50)38-11-7-9-21-44(38,52)40(48)35-15-13-29(2)31(4)27-35)34-19-25-47(26-20-34)43(51)39-12-8-10-22-45(39,53)41(49)36-16-14-30(3)32(5)28-36/h13-16,27-28,33-34,37-39,52-53H,6-12,17-26H2,1-5H3. The summed E-state index contributed by atoms with van der Waals surface area (Å²) < 4.78 is 0. The van der Waals surface area contributed by atoms with Crippen molar-refractivity contribution < 1.29 is 29.4 Å². The molecule has 288 valence electrons. The van der Waals surface area contributed by atoms with Gasteiger partial charge in [-0.15, -0.1) is 0 Å². The van der Waals surface area contributed by atoms with Crippen LogP contribution in [0.2, 0.25) is 0 Å². The first-order valence-corrected chi connectivity index (χ1v) is 20.5. The van der Waals surface area contributed by atoms with Crippen LogP contribution in [0.25, 0.3) is 0 Å². The second-order valence-electron chi connectivity index (χ2n) is 17.1. The minimum Gasteiger partial charge on any atom is -0.381 e. The summed E-state index contributed by atoms with van der Waals surface area (Å²) in [5, 5.41) is 23.8. The monoisotopic (exact) mass is 726 g/mol. The zero-order valence-corrected chi connectivity index (χ0v) is 32.8. The van der Waals surface area contributed by atoms with Gasteiger partial charge >= 0.3 is 0 Å². The van der Waals surface area contributed by atoms with Gasteiger partial charge in [0.15, 0.2) is 11.6 Å². The van der Waals surface area contributed by atoms with Crippen molar-refractivity contribution in [3.8, 4) is 0 Å². The minimum absolute atomic E-state index is 0.0821. The number of ketones is 2. The molecule has 2 heterocycles. The zero-order valence-electron chi connectivity index (χ0n) is 32.8. The summed E-state index contributed by atoms with van der Waals surface area (Å²) in [6.45, 7) is 12.7. The summed E-state index contributed by atoms with van der Waals surface area (Å²) in [5.41, 5.74) is 1.79. The van der Waals surface area contributed by atoms with Gasteiger partial charge in [-0.2, -0.15) is 0 Å². The molecule has 4 fully saturated rings. The quantitative estimate of drug-likeness (QED) is 0.262. The van der Waals surface area contributed by atoms with Crippen molar-refractivity contribution in [2.24, 2.45) is 29.6 Å². The fourth-order valence-corrected chi connectivity index (χ4v) is 10.4. The molecule has 2 aromatic carbocycles. The van der Waals surface area contributed by atoms with Crippen LogP contribution in [0.3, 0.4) is 0 Å². The molecule has 2 saturated heterocycles. The van der Waals surface area contributed by atoms with Gasteiger partial charge in [0.25, 0.3) is 0 Å². The number of Topliss-reactive ketones (excluding diaryl/α,β-unsaturated/α-hetero) is 2. The van der Waals surface area contributed by atoms with Crippen LogP contribution in [0.5, 0.6) is 0 Å². The van der Waals surface area contributed by atoms with Crippen LogP contribution in [0, 0.1) is 57.3 Å². The first kappa shape index (κ1) is 39.3. The highest BCUT2D eigenvalue weighted by atomic mass is 16.3. The van der Waals surface area contributed by atoms with Gasteiger partial charge in [0.05, 0.1) is 11.8 Å². The SMILES string of the molecule is CCC(C1CCN(C(=O)C2CCCCC2(O)C(=O)c2ccc(C)c(C)c2)CC1)C1CCN(C(=O)C2CCCCC2(O)C(=O)c2ccc(C)c(C)c2)CC1. The molecular formula is C45H62N2O6. The van der Waals surface area contributed by atoms with E-state index in [0.717, 1.165) is 80.0 Å². The number of carbonyl (C=O) groups excluding carboxylic acids is 4. The number of nitrogens with zero attached hydrogens (tertiary/aromatic N) is 2. The number of hydrogen-bond acceptors (Lipinski definition) is 6. The Bertz CT molecular complexity index is 1570. The molecule has 2 aliphatic carbocycles. The number of carbonyl (C=O) groups is 4. The van der Waals surface area contributed by atoms with Crippen molar-refractivity contribution in [2.75, 3.05) is 26.2 Å². The largest absolute Gasteiger partial charge is 0.381 e. The van der Waals surface area contributed by atoms with Crippen molar-refractivity contribution in [1.82, 2.24) is 9.80 Å². The molecule has 2 N–H and O–H groups in total. The average Bonchev–Trinajstić information content (AvgIpc) is 3.17. The van der Waals surface area contributed by atoms with Gasteiger partial charge in [-0.1, -0.05) is 63.3 Å². The smallest absolute Gasteiger partial charge is 0.229 e. The first-order valence-electron chi connectivity index (χ1n) is 20.5. The van der Waals surface area contributed by atoms with Crippen LogP contribution in [0.1, 0.15) is 133 Å². The van der Waals surface area contributed by atoms with Crippen molar-refractivity contribution >= 4 is 23.4 Å². The van der Waals surface area contributed by atoms with Gasteiger partial charge < -0.3 is 20.0 Å². The van der Waals surface area contributed by atoms with Gasteiger partial charge in [0.2, 0.25) is 11.8 Å². The van der Waals surface area contributed by atoms with E-state index in [4.69, 9.17) is 0 Å². The van der Waals surface area contributed by atoms with Gasteiger partial charge in [-0.25, -0.2) is 0 Å². The molecule has 4 aliphatic rings. The Labute approximate surface area is 316 Å². The lowest BCUT2D eigenvalue weighted by Crippen LogP contribution is -2.56. The molecule has 8 heteroatoms. The fraction of sp³-hybridized carbons (Fsp3) is 0.644. The normalized spacial score (nSPS) is 28.1. The number of hydrogen-bond donors (Lipinski definition) is 2. The third-order valence-corrected chi connectivity index (χ3v) is 14.1. The highest BCUT2D eigenvalue weighted by molar-refractivity contribution is 6.06. The first-order chi connectivity index (χ1) is 25.3. The van der Waals surface area contributed by atoms with E-state index in [1.807, 2.05) is 61.8 Å². The molecule has 6 rings (SSSR count). The van der Waals surface area contributed by atoms with Crippen LogP contribution in [-0.2, 0) is 9.59 Å². The number of likely N-dealkylation sites (tertiary alicyclic amines) is 2. The lowest BCUT2D eigenvalue weighted by atomic mass is 9.69. The molecule has 0 radical (unpaired) electrons. The number of aliphatic hydroxyl groups is 2. The average molecular weight is 727 g/mol. The number of amides is 2. The van der Waals surface area contributed by atoms with Crippen molar-refractivity contribution in [3.63, 3.8) is 0 Å². The third kappa shape index (κ3) is 7.78. The van der Waals surface area contributed by atoms with E-state index in [0.29, 0.717) is 80.7 Å². The lowest BCUT2D eigenvalue weighted by Gasteiger charge is -2.45. The maximum absolute atomic E-state index is 14.0. The second kappa shape index (κ2) is 16.2. The highest BCUT2D eigenvalue weighted by Crippen LogP contribution is 2.43. The molecule has 0 spiro atoms. The number of piperidine rings is 2. The van der Waals surface area contributed by atoms with E-state index in [1.165, 1.54) is 0 Å². The van der Waals surface area contributed by atoms with E-state index in [-0.39, 0.29) is 23.4 Å². The molecule has 2 amide bonds. The summed E-state index contributed by atoms with van der Waals surface area (Å²) in [4.78, 5) is 59.4. The molecular weight excluding hydrogens is 665 g/mol. The summed E-state index contributed by atoms with van der Waals surface area (Å²) >= 11 is 0. The molecule has 2 saturated carbocycles. The van der Waals surface area contributed by atoms with Crippen molar-refractivity contribution in [1.29, 1.82) is 0 Å². The summed E-state index contributed by atoms with van der Waals surface area (Å²) in [5.74, 6) is -0.831. The molecule has 0 aromatic heterocycles. The Morgan fingerprint density at radius 3 is 1.32 bits per heavy atom. The van der Waals surface area contributed by atoms with Gasteiger partial charge in [-0.05, 0) is 131 Å². The van der Waals surface area contributed by atoms with E-state index >= 15 is 0 Å². The van der Waals surface area contributed by atoms with E-state index in [2.05, 4.69) is 6.92 Å².